The lowest BCUT2D eigenvalue weighted by Gasteiger charge is -2.31. The van der Waals surface area contributed by atoms with Crippen molar-refractivity contribution in [2.75, 3.05) is 0 Å². The van der Waals surface area contributed by atoms with Gasteiger partial charge < -0.3 is 10.2 Å². The zero-order chi connectivity index (χ0) is 11.7. The van der Waals surface area contributed by atoms with Crippen LogP contribution in [0.15, 0.2) is 0 Å². The topological polar surface area (TPSA) is 57.5 Å². The Hall–Kier alpha value is -0.410. The lowest BCUT2D eigenvalue weighted by atomic mass is 9.79. The molecule has 3 nitrogen and oxygen atoms in total. The molecule has 0 unspecified atom stereocenters. The van der Waals surface area contributed by atoms with Gasteiger partial charge in [0.1, 0.15) is 12.2 Å². The Morgan fingerprint density at radius 2 is 1.07 bits per heavy atom. The van der Waals surface area contributed by atoms with E-state index in [1.165, 1.54) is 0 Å². The van der Waals surface area contributed by atoms with Gasteiger partial charge in [-0.05, 0) is 10.8 Å². The average Bonchev–Trinajstić information content (AvgIpc) is 1.97. The summed E-state index contributed by atoms with van der Waals surface area (Å²) in [4.78, 5) is 11.6. The predicted octanol–water partition coefficient (Wildman–Crippen LogP) is 1.37. The number of ketones is 1. The van der Waals surface area contributed by atoms with Gasteiger partial charge in [-0.15, -0.1) is 0 Å². The second kappa shape index (κ2) is 3.99. The normalized spacial score (nSPS) is 17.7. The maximum Gasteiger partial charge on any atom is 0.190 e. The zero-order valence-corrected chi connectivity index (χ0v) is 9.96. The van der Waals surface area contributed by atoms with Crippen LogP contribution in [0.1, 0.15) is 41.5 Å². The Morgan fingerprint density at radius 1 is 0.857 bits per heavy atom. The largest absolute Gasteiger partial charge is 0.385 e. The maximum atomic E-state index is 11.6. The molecule has 84 valence electrons. The third-order valence-electron chi connectivity index (χ3n) is 2.18. The van der Waals surface area contributed by atoms with Crippen molar-refractivity contribution in [2.45, 2.75) is 53.8 Å². The van der Waals surface area contributed by atoms with Gasteiger partial charge in [0, 0.05) is 0 Å². The molecule has 0 saturated carbocycles. The molecule has 0 aliphatic rings. The van der Waals surface area contributed by atoms with Crippen molar-refractivity contribution in [3.8, 4) is 0 Å². The summed E-state index contributed by atoms with van der Waals surface area (Å²) in [5.74, 6) is -0.495. The molecule has 2 atom stereocenters. The Labute approximate surface area is 86.1 Å². The van der Waals surface area contributed by atoms with Crippen molar-refractivity contribution < 1.29 is 15.0 Å². The van der Waals surface area contributed by atoms with Crippen LogP contribution in [-0.4, -0.2) is 28.2 Å². The first-order valence-electron chi connectivity index (χ1n) is 4.88. The highest BCUT2D eigenvalue weighted by atomic mass is 16.3. The number of hydrogen-bond acceptors (Lipinski definition) is 3. The molecule has 14 heavy (non-hydrogen) atoms. The van der Waals surface area contributed by atoms with E-state index in [0.717, 1.165) is 0 Å². The summed E-state index contributed by atoms with van der Waals surface area (Å²) in [6.45, 7) is 10.6. The molecular formula is C11H22O3. The van der Waals surface area contributed by atoms with Crippen molar-refractivity contribution in [3.05, 3.63) is 0 Å². The fraction of sp³-hybridized carbons (Fsp3) is 0.909. The summed E-state index contributed by atoms with van der Waals surface area (Å²) < 4.78 is 0. The van der Waals surface area contributed by atoms with Crippen LogP contribution >= 0.6 is 0 Å². The van der Waals surface area contributed by atoms with E-state index < -0.39 is 28.8 Å². The summed E-state index contributed by atoms with van der Waals surface area (Å²) in [5, 5.41) is 19.4. The average molecular weight is 202 g/mol. The Bertz CT molecular complexity index is 186. The molecule has 3 heteroatoms. The van der Waals surface area contributed by atoms with Crippen molar-refractivity contribution in [1.29, 1.82) is 0 Å². The molecular weight excluding hydrogens is 180 g/mol. The quantitative estimate of drug-likeness (QED) is 0.711. The Balaban J connectivity index is 4.65. The van der Waals surface area contributed by atoms with Crippen molar-refractivity contribution in [2.24, 2.45) is 10.8 Å². The van der Waals surface area contributed by atoms with E-state index in [2.05, 4.69) is 0 Å². The first kappa shape index (κ1) is 13.6. The number of carbonyl (C=O) groups is 1. The number of rotatable bonds is 2. The number of aliphatic hydroxyl groups excluding tert-OH is 2. The van der Waals surface area contributed by atoms with Crippen LogP contribution in [0.2, 0.25) is 0 Å². The number of hydrogen-bond donors (Lipinski definition) is 2. The first-order valence-corrected chi connectivity index (χ1v) is 4.88. The molecule has 2 N–H and O–H groups in total. The van der Waals surface area contributed by atoms with E-state index in [-0.39, 0.29) is 0 Å². The van der Waals surface area contributed by atoms with Crippen molar-refractivity contribution in [1.82, 2.24) is 0 Å². The molecule has 0 saturated heterocycles. The number of Topliss-reactive ketones (excluding diaryl/α,β-unsaturated/α-hetero) is 1. The molecule has 0 rings (SSSR count). The summed E-state index contributed by atoms with van der Waals surface area (Å²) in [6, 6.07) is 0. The predicted molar refractivity (Wildman–Crippen MR) is 55.9 cm³/mol. The number of carbonyl (C=O) groups excluding carboxylic acids is 1. The highest BCUT2D eigenvalue weighted by molar-refractivity contribution is 5.88. The summed E-state index contributed by atoms with van der Waals surface area (Å²) in [5.41, 5.74) is -1.05. The molecule has 0 amide bonds. The Kier molecular flexibility index (Phi) is 3.87. The van der Waals surface area contributed by atoms with Crippen LogP contribution in [0.3, 0.4) is 0 Å². The van der Waals surface area contributed by atoms with E-state index in [4.69, 9.17) is 0 Å². The van der Waals surface area contributed by atoms with Gasteiger partial charge in [-0.1, -0.05) is 41.5 Å². The minimum Gasteiger partial charge on any atom is -0.385 e. The smallest absolute Gasteiger partial charge is 0.190 e. The molecule has 0 radical (unpaired) electrons. The van der Waals surface area contributed by atoms with Crippen LogP contribution in [0.4, 0.5) is 0 Å². The molecule has 0 spiro atoms. The van der Waals surface area contributed by atoms with Crippen LogP contribution in [0, 0.1) is 10.8 Å². The summed E-state index contributed by atoms with van der Waals surface area (Å²) in [7, 11) is 0. The van der Waals surface area contributed by atoms with Gasteiger partial charge in [0.15, 0.2) is 5.78 Å². The number of aliphatic hydroxyl groups is 2. The van der Waals surface area contributed by atoms with Gasteiger partial charge in [-0.3, -0.25) is 4.79 Å². The monoisotopic (exact) mass is 202 g/mol. The fourth-order valence-corrected chi connectivity index (χ4v) is 1.00. The molecule has 0 heterocycles. The molecule has 0 fully saturated rings. The third kappa shape index (κ3) is 3.39. The highest BCUT2D eigenvalue weighted by Gasteiger charge is 2.38. The standard InChI is InChI=1S/C11H22O3/c1-10(2,3)8(13)7(12)9(14)11(4,5)6/h8-9,13-14H,1-6H3/t8-,9-/m0/s1. The minimum atomic E-state index is -1.11. The van der Waals surface area contributed by atoms with Gasteiger partial charge in [-0.25, -0.2) is 0 Å². The van der Waals surface area contributed by atoms with E-state index in [1.54, 1.807) is 41.5 Å². The van der Waals surface area contributed by atoms with Crippen molar-refractivity contribution >= 4 is 5.78 Å². The van der Waals surface area contributed by atoms with E-state index in [9.17, 15) is 15.0 Å². The van der Waals surface area contributed by atoms with Gasteiger partial charge in [-0.2, -0.15) is 0 Å². The van der Waals surface area contributed by atoms with Gasteiger partial charge in [0.25, 0.3) is 0 Å². The van der Waals surface area contributed by atoms with Gasteiger partial charge >= 0.3 is 0 Å². The molecule has 0 aromatic heterocycles. The van der Waals surface area contributed by atoms with Crippen LogP contribution in [0.5, 0.6) is 0 Å². The van der Waals surface area contributed by atoms with Crippen molar-refractivity contribution in [3.63, 3.8) is 0 Å². The summed E-state index contributed by atoms with van der Waals surface area (Å²) >= 11 is 0. The molecule has 0 aromatic carbocycles. The molecule has 0 aliphatic heterocycles. The fourth-order valence-electron chi connectivity index (χ4n) is 1.00. The van der Waals surface area contributed by atoms with Crippen LogP contribution < -0.4 is 0 Å². The van der Waals surface area contributed by atoms with Gasteiger partial charge in [0.2, 0.25) is 0 Å². The molecule has 0 aromatic rings. The van der Waals surface area contributed by atoms with E-state index in [1.807, 2.05) is 0 Å². The zero-order valence-electron chi connectivity index (χ0n) is 9.96. The SMILES string of the molecule is CC(C)(C)[C@@H](O)C(=O)[C@H](O)C(C)(C)C. The van der Waals surface area contributed by atoms with E-state index in [0.29, 0.717) is 0 Å². The van der Waals surface area contributed by atoms with Gasteiger partial charge in [0.05, 0.1) is 0 Å². The summed E-state index contributed by atoms with van der Waals surface area (Å²) in [6.07, 6.45) is -2.23. The lowest BCUT2D eigenvalue weighted by molar-refractivity contribution is -0.146. The van der Waals surface area contributed by atoms with E-state index >= 15 is 0 Å². The lowest BCUT2D eigenvalue weighted by Crippen LogP contribution is -2.45. The second-order valence-corrected chi connectivity index (χ2v) is 5.94. The van der Waals surface area contributed by atoms with Crippen LogP contribution in [-0.2, 0) is 4.79 Å². The minimum absolute atomic E-state index is 0.495. The third-order valence-corrected chi connectivity index (χ3v) is 2.18. The second-order valence-electron chi connectivity index (χ2n) is 5.94. The molecule has 0 aliphatic carbocycles. The maximum absolute atomic E-state index is 11.6. The first-order chi connectivity index (χ1) is 5.98. The molecule has 0 bridgehead atoms. The highest BCUT2D eigenvalue weighted by Crippen LogP contribution is 2.26. The Morgan fingerprint density at radius 3 is 1.21 bits per heavy atom. The van der Waals surface area contributed by atoms with Crippen LogP contribution in [0.25, 0.3) is 0 Å².